The van der Waals surface area contributed by atoms with E-state index in [1.165, 1.54) is 0 Å². The third kappa shape index (κ3) is 2.68. The predicted octanol–water partition coefficient (Wildman–Crippen LogP) is 1.62. The number of hydrogen-bond donors (Lipinski definition) is 1. The van der Waals surface area contributed by atoms with Crippen molar-refractivity contribution in [1.82, 2.24) is 19.4 Å². The normalized spacial score (nSPS) is 11.5. The van der Waals surface area contributed by atoms with Gasteiger partial charge in [0, 0.05) is 12.7 Å². The second-order valence-corrected chi connectivity index (χ2v) is 4.71. The average Bonchev–Trinajstić information content (AvgIpc) is 2.54. The highest BCUT2D eigenvalue weighted by Crippen LogP contribution is 2.19. The van der Waals surface area contributed by atoms with Crippen LogP contribution < -0.4 is 5.73 Å². The molecule has 0 aliphatic carbocycles. The van der Waals surface area contributed by atoms with Crippen LogP contribution in [-0.2, 0) is 6.54 Å². The molecule has 0 bridgehead atoms. The molecule has 0 saturated heterocycles. The number of imidazole rings is 1. The Labute approximate surface area is 105 Å². The van der Waals surface area contributed by atoms with E-state index in [4.69, 9.17) is 17.3 Å². The number of nitrogens with zero attached hydrogens (tertiary/aromatic N) is 4. The standard InChI is InChI=1S/C11H16ClN5/c1-16(2)4-3-5-17-10-9(15-11(17)13)6-8(12)7-14-10/h6-7H,3-5H2,1-2H3,(H2,13,15). The minimum absolute atomic E-state index is 0.494. The topological polar surface area (TPSA) is 60.0 Å². The van der Waals surface area contributed by atoms with Crippen molar-refractivity contribution < 1.29 is 0 Å². The number of aryl methyl sites for hydroxylation is 1. The molecule has 92 valence electrons. The molecule has 17 heavy (non-hydrogen) atoms. The lowest BCUT2D eigenvalue weighted by molar-refractivity contribution is 0.388. The third-order valence-electron chi connectivity index (χ3n) is 2.57. The summed E-state index contributed by atoms with van der Waals surface area (Å²) in [5.74, 6) is 0.494. The number of aromatic nitrogens is 3. The van der Waals surface area contributed by atoms with Gasteiger partial charge in [-0.05, 0) is 33.1 Å². The van der Waals surface area contributed by atoms with Crippen molar-refractivity contribution in [2.45, 2.75) is 13.0 Å². The molecule has 0 unspecified atom stereocenters. The molecule has 2 rings (SSSR count). The molecule has 0 spiro atoms. The molecule has 0 saturated carbocycles. The van der Waals surface area contributed by atoms with Crippen LogP contribution in [0.15, 0.2) is 12.3 Å². The summed E-state index contributed by atoms with van der Waals surface area (Å²) in [6.07, 6.45) is 2.63. The highest BCUT2D eigenvalue weighted by atomic mass is 35.5. The van der Waals surface area contributed by atoms with Crippen molar-refractivity contribution in [1.29, 1.82) is 0 Å². The summed E-state index contributed by atoms with van der Waals surface area (Å²) in [5, 5.41) is 0.579. The Hall–Kier alpha value is -1.33. The van der Waals surface area contributed by atoms with E-state index in [1.54, 1.807) is 12.3 Å². The highest BCUT2D eigenvalue weighted by Gasteiger charge is 2.09. The first-order chi connectivity index (χ1) is 8.08. The Kier molecular flexibility index (Phi) is 3.49. The molecule has 0 aromatic carbocycles. The van der Waals surface area contributed by atoms with Gasteiger partial charge in [-0.25, -0.2) is 9.97 Å². The van der Waals surface area contributed by atoms with Gasteiger partial charge in [-0.2, -0.15) is 0 Å². The van der Waals surface area contributed by atoms with Gasteiger partial charge in [0.15, 0.2) is 5.65 Å². The minimum atomic E-state index is 0.494. The fraction of sp³-hybridized carbons (Fsp3) is 0.455. The number of rotatable bonds is 4. The van der Waals surface area contributed by atoms with Crippen molar-refractivity contribution >= 4 is 28.7 Å². The zero-order valence-corrected chi connectivity index (χ0v) is 10.8. The van der Waals surface area contributed by atoms with Gasteiger partial charge in [0.1, 0.15) is 5.52 Å². The second-order valence-electron chi connectivity index (χ2n) is 4.27. The van der Waals surface area contributed by atoms with Gasteiger partial charge in [0.05, 0.1) is 5.02 Å². The number of nitrogens with two attached hydrogens (primary N) is 1. The predicted molar refractivity (Wildman–Crippen MR) is 70.1 cm³/mol. The molecule has 0 fully saturated rings. The fourth-order valence-corrected chi connectivity index (χ4v) is 1.92. The Morgan fingerprint density at radius 3 is 2.94 bits per heavy atom. The van der Waals surface area contributed by atoms with Gasteiger partial charge in [-0.1, -0.05) is 11.6 Å². The van der Waals surface area contributed by atoms with E-state index in [9.17, 15) is 0 Å². The molecule has 5 nitrogen and oxygen atoms in total. The van der Waals surface area contributed by atoms with E-state index in [0.717, 1.165) is 30.7 Å². The second kappa shape index (κ2) is 4.89. The summed E-state index contributed by atoms with van der Waals surface area (Å²) in [6, 6.07) is 1.78. The van der Waals surface area contributed by atoms with Crippen LogP contribution in [0.3, 0.4) is 0 Å². The van der Waals surface area contributed by atoms with E-state index in [0.29, 0.717) is 11.0 Å². The van der Waals surface area contributed by atoms with Crippen LogP contribution in [0.25, 0.3) is 11.2 Å². The average molecular weight is 254 g/mol. The summed E-state index contributed by atoms with van der Waals surface area (Å²) in [4.78, 5) is 10.7. The Balaban J connectivity index is 2.24. The van der Waals surface area contributed by atoms with Gasteiger partial charge in [-0.3, -0.25) is 4.57 Å². The van der Waals surface area contributed by atoms with Crippen LogP contribution >= 0.6 is 11.6 Å². The van der Waals surface area contributed by atoms with Crippen LogP contribution in [0.5, 0.6) is 0 Å². The van der Waals surface area contributed by atoms with Gasteiger partial charge >= 0.3 is 0 Å². The quantitative estimate of drug-likeness (QED) is 0.900. The lowest BCUT2D eigenvalue weighted by Gasteiger charge is -2.10. The van der Waals surface area contributed by atoms with Crippen molar-refractivity contribution in [3.05, 3.63) is 17.3 Å². The van der Waals surface area contributed by atoms with Crippen LogP contribution in [0, 0.1) is 0 Å². The van der Waals surface area contributed by atoms with Crippen LogP contribution in [0.1, 0.15) is 6.42 Å². The molecule has 0 atom stereocenters. The van der Waals surface area contributed by atoms with Crippen molar-refractivity contribution in [3.63, 3.8) is 0 Å². The summed E-state index contributed by atoms with van der Waals surface area (Å²) in [6.45, 7) is 1.82. The molecular formula is C11H16ClN5. The Morgan fingerprint density at radius 1 is 1.47 bits per heavy atom. The summed E-state index contributed by atoms with van der Waals surface area (Å²) in [5.41, 5.74) is 7.42. The molecule has 6 heteroatoms. The van der Waals surface area contributed by atoms with Crippen molar-refractivity contribution in [3.8, 4) is 0 Å². The van der Waals surface area contributed by atoms with Gasteiger partial charge in [0.2, 0.25) is 5.95 Å². The maximum atomic E-state index is 5.88. The number of fused-ring (bicyclic) bond motifs is 1. The zero-order chi connectivity index (χ0) is 12.4. The van der Waals surface area contributed by atoms with Crippen LogP contribution in [0.2, 0.25) is 5.02 Å². The maximum absolute atomic E-state index is 5.88. The smallest absolute Gasteiger partial charge is 0.202 e. The number of nitrogen functional groups attached to an aromatic ring is 1. The number of anilines is 1. The fourth-order valence-electron chi connectivity index (χ4n) is 1.77. The maximum Gasteiger partial charge on any atom is 0.202 e. The SMILES string of the molecule is CN(C)CCCn1c(N)nc2cc(Cl)cnc21. The molecule has 2 heterocycles. The van der Waals surface area contributed by atoms with Gasteiger partial charge < -0.3 is 10.6 Å². The van der Waals surface area contributed by atoms with Gasteiger partial charge in [-0.15, -0.1) is 0 Å². The molecule has 0 radical (unpaired) electrons. The molecule has 2 aromatic rings. The first kappa shape index (κ1) is 12.1. The summed E-state index contributed by atoms with van der Waals surface area (Å²) >= 11 is 5.87. The lowest BCUT2D eigenvalue weighted by atomic mass is 10.4. The number of hydrogen-bond acceptors (Lipinski definition) is 4. The van der Waals surface area contributed by atoms with Gasteiger partial charge in [0.25, 0.3) is 0 Å². The molecular weight excluding hydrogens is 238 g/mol. The molecule has 0 aliphatic heterocycles. The summed E-state index contributed by atoms with van der Waals surface area (Å²) < 4.78 is 1.93. The first-order valence-electron chi connectivity index (χ1n) is 5.50. The highest BCUT2D eigenvalue weighted by molar-refractivity contribution is 6.31. The largest absolute Gasteiger partial charge is 0.369 e. The molecule has 2 aromatic heterocycles. The number of pyridine rings is 1. The minimum Gasteiger partial charge on any atom is -0.369 e. The monoisotopic (exact) mass is 253 g/mol. The van der Waals surface area contributed by atoms with Crippen LogP contribution in [-0.4, -0.2) is 40.1 Å². The summed E-state index contributed by atoms with van der Waals surface area (Å²) in [7, 11) is 4.10. The molecule has 0 amide bonds. The zero-order valence-electron chi connectivity index (χ0n) is 10.0. The number of halogens is 1. The first-order valence-corrected chi connectivity index (χ1v) is 5.87. The van der Waals surface area contributed by atoms with E-state index in [1.807, 2.05) is 18.7 Å². The Bertz CT molecular complexity index is 520. The van der Waals surface area contributed by atoms with E-state index in [2.05, 4.69) is 14.9 Å². The van der Waals surface area contributed by atoms with Crippen molar-refractivity contribution in [2.24, 2.45) is 0 Å². The molecule has 0 aliphatic rings. The van der Waals surface area contributed by atoms with Crippen LogP contribution in [0.4, 0.5) is 5.95 Å². The van der Waals surface area contributed by atoms with E-state index in [-0.39, 0.29) is 0 Å². The molecule has 2 N–H and O–H groups in total. The van der Waals surface area contributed by atoms with E-state index < -0.39 is 0 Å². The van der Waals surface area contributed by atoms with Crippen molar-refractivity contribution in [2.75, 3.05) is 26.4 Å². The van der Waals surface area contributed by atoms with E-state index >= 15 is 0 Å². The lowest BCUT2D eigenvalue weighted by Crippen LogP contribution is -2.15. The Morgan fingerprint density at radius 2 is 2.24 bits per heavy atom. The third-order valence-corrected chi connectivity index (χ3v) is 2.77.